The number of H-pyrrole nitrogens is 1. The minimum absolute atomic E-state index is 0.109. The number of carbonyl (C=O) groups excluding carboxylic acids is 1. The standard InChI is InChI=1S/C23H18N4O2/c28-20-12-10-14-5-1-3-7-16(14)19(20)13-24-27-23(29)22-18-11-9-15-6-2-4-8-17(15)21(18)25-26-22/h1-8,10,12-13,28H,9,11H2,(H,25,26)(H,27,29)/b24-13-. The van der Waals surface area contributed by atoms with Crippen LogP contribution < -0.4 is 5.43 Å². The van der Waals surface area contributed by atoms with E-state index in [9.17, 15) is 9.90 Å². The number of aromatic nitrogens is 2. The van der Waals surface area contributed by atoms with Crippen molar-refractivity contribution >= 4 is 22.9 Å². The molecule has 0 unspecified atom stereocenters. The molecular formula is C23H18N4O2. The molecule has 4 aromatic rings. The number of nitrogens with one attached hydrogen (secondary N) is 2. The van der Waals surface area contributed by atoms with Crippen LogP contribution in [-0.4, -0.2) is 27.4 Å². The van der Waals surface area contributed by atoms with E-state index < -0.39 is 0 Å². The maximum atomic E-state index is 12.7. The predicted molar refractivity (Wildman–Crippen MR) is 112 cm³/mol. The first kappa shape index (κ1) is 17.2. The zero-order chi connectivity index (χ0) is 19.8. The van der Waals surface area contributed by atoms with Crippen LogP contribution in [0.25, 0.3) is 22.0 Å². The van der Waals surface area contributed by atoms with E-state index in [4.69, 9.17) is 0 Å². The Kier molecular flexibility index (Phi) is 4.09. The smallest absolute Gasteiger partial charge is 0.289 e. The zero-order valence-electron chi connectivity index (χ0n) is 15.5. The third kappa shape index (κ3) is 2.95. The molecular weight excluding hydrogens is 364 g/mol. The second-order valence-electron chi connectivity index (χ2n) is 7.00. The molecule has 6 nitrogen and oxygen atoms in total. The van der Waals surface area contributed by atoms with Gasteiger partial charge in [0.05, 0.1) is 11.9 Å². The number of rotatable bonds is 3. The van der Waals surface area contributed by atoms with Gasteiger partial charge in [-0.25, -0.2) is 5.43 Å². The Morgan fingerprint density at radius 3 is 2.83 bits per heavy atom. The molecule has 0 bridgehead atoms. The second kappa shape index (κ2) is 6.91. The van der Waals surface area contributed by atoms with Gasteiger partial charge in [0.1, 0.15) is 11.4 Å². The topological polar surface area (TPSA) is 90.4 Å². The van der Waals surface area contributed by atoms with Crippen molar-refractivity contribution in [2.45, 2.75) is 12.8 Å². The number of carbonyl (C=O) groups is 1. The Morgan fingerprint density at radius 1 is 1.07 bits per heavy atom. The number of phenolic OH excluding ortho intramolecular Hbond substituents is 1. The molecule has 0 saturated heterocycles. The summed E-state index contributed by atoms with van der Waals surface area (Å²) in [4.78, 5) is 12.7. The monoisotopic (exact) mass is 382 g/mol. The Bertz CT molecular complexity index is 1270. The third-order valence-corrected chi connectivity index (χ3v) is 5.32. The minimum atomic E-state index is -0.353. The van der Waals surface area contributed by atoms with Crippen LogP contribution in [0, 0.1) is 0 Å². The maximum absolute atomic E-state index is 12.7. The van der Waals surface area contributed by atoms with Gasteiger partial charge >= 0.3 is 0 Å². The number of hydrogen-bond acceptors (Lipinski definition) is 4. The SMILES string of the molecule is O=C(N/N=C\c1c(O)ccc2ccccc12)c1[nH]nc2c1CCc1ccccc1-2. The quantitative estimate of drug-likeness (QED) is 0.372. The molecule has 0 saturated carbocycles. The molecule has 0 fully saturated rings. The van der Waals surface area contributed by atoms with Gasteiger partial charge in [-0.05, 0) is 35.2 Å². The summed E-state index contributed by atoms with van der Waals surface area (Å²) in [6.45, 7) is 0. The molecule has 1 aromatic heterocycles. The lowest BCUT2D eigenvalue weighted by molar-refractivity contribution is 0.0949. The van der Waals surface area contributed by atoms with Crippen molar-refractivity contribution < 1.29 is 9.90 Å². The van der Waals surface area contributed by atoms with E-state index in [0.717, 1.165) is 40.4 Å². The second-order valence-corrected chi connectivity index (χ2v) is 7.00. The molecule has 0 spiro atoms. The van der Waals surface area contributed by atoms with E-state index in [0.29, 0.717) is 11.3 Å². The molecule has 0 atom stereocenters. The Balaban J connectivity index is 1.41. The van der Waals surface area contributed by atoms with Crippen molar-refractivity contribution in [2.75, 3.05) is 0 Å². The van der Waals surface area contributed by atoms with Gasteiger partial charge in [-0.1, -0.05) is 54.6 Å². The Hall–Kier alpha value is -3.93. The number of amides is 1. The van der Waals surface area contributed by atoms with Gasteiger partial charge in [-0.2, -0.15) is 10.2 Å². The van der Waals surface area contributed by atoms with Crippen LogP contribution in [0.4, 0.5) is 0 Å². The van der Waals surface area contributed by atoms with Gasteiger partial charge in [0.2, 0.25) is 0 Å². The molecule has 142 valence electrons. The largest absolute Gasteiger partial charge is 0.507 e. The van der Waals surface area contributed by atoms with Crippen LogP contribution in [0.15, 0.2) is 65.8 Å². The molecule has 0 radical (unpaired) electrons. The van der Waals surface area contributed by atoms with Crippen molar-refractivity contribution in [1.29, 1.82) is 0 Å². The summed E-state index contributed by atoms with van der Waals surface area (Å²) in [7, 11) is 0. The molecule has 1 aliphatic rings. The first-order chi connectivity index (χ1) is 14.2. The molecule has 1 amide bonds. The fraction of sp³-hybridized carbons (Fsp3) is 0.0870. The van der Waals surface area contributed by atoms with Gasteiger partial charge in [0.25, 0.3) is 5.91 Å². The average molecular weight is 382 g/mol. The van der Waals surface area contributed by atoms with Crippen LogP contribution >= 0.6 is 0 Å². The van der Waals surface area contributed by atoms with Crippen molar-refractivity contribution in [3.63, 3.8) is 0 Å². The molecule has 1 aliphatic carbocycles. The lowest BCUT2D eigenvalue weighted by Gasteiger charge is -2.15. The summed E-state index contributed by atoms with van der Waals surface area (Å²) in [5, 5.41) is 23.3. The number of hydrogen-bond donors (Lipinski definition) is 3. The van der Waals surface area contributed by atoms with E-state index in [1.165, 1.54) is 11.8 Å². The highest BCUT2D eigenvalue weighted by Gasteiger charge is 2.24. The maximum Gasteiger partial charge on any atom is 0.289 e. The van der Waals surface area contributed by atoms with E-state index in [-0.39, 0.29) is 11.7 Å². The van der Waals surface area contributed by atoms with Gasteiger partial charge in [0.15, 0.2) is 0 Å². The Morgan fingerprint density at radius 2 is 1.90 bits per heavy atom. The predicted octanol–water partition coefficient (Wildman–Crippen LogP) is 3.80. The van der Waals surface area contributed by atoms with Crippen LogP contribution in [0.2, 0.25) is 0 Å². The number of hydrazone groups is 1. The van der Waals surface area contributed by atoms with Crippen LogP contribution in [-0.2, 0) is 12.8 Å². The Labute approximate surface area is 166 Å². The molecule has 6 heteroatoms. The zero-order valence-corrected chi connectivity index (χ0v) is 15.5. The van der Waals surface area contributed by atoms with Crippen LogP contribution in [0.5, 0.6) is 5.75 Å². The van der Waals surface area contributed by atoms with E-state index >= 15 is 0 Å². The van der Waals surface area contributed by atoms with Crippen LogP contribution in [0.1, 0.15) is 27.2 Å². The average Bonchev–Trinajstić information content (AvgIpc) is 3.20. The number of aromatic hydroxyl groups is 1. The van der Waals surface area contributed by atoms with Crippen molar-refractivity contribution in [3.05, 3.63) is 83.0 Å². The highest BCUT2D eigenvalue weighted by molar-refractivity contribution is 6.03. The summed E-state index contributed by atoms with van der Waals surface area (Å²) >= 11 is 0. The van der Waals surface area contributed by atoms with E-state index in [1.807, 2.05) is 48.5 Å². The molecule has 1 heterocycles. The van der Waals surface area contributed by atoms with Gasteiger partial charge < -0.3 is 5.11 Å². The molecule has 3 aromatic carbocycles. The summed E-state index contributed by atoms with van der Waals surface area (Å²) in [5.41, 5.74) is 7.57. The summed E-state index contributed by atoms with van der Waals surface area (Å²) < 4.78 is 0. The highest BCUT2D eigenvalue weighted by atomic mass is 16.3. The first-order valence-corrected chi connectivity index (χ1v) is 9.42. The van der Waals surface area contributed by atoms with E-state index in [1.54, 1.807) is 6.07 Å². The summed E-state index contributed by atoms with van der Waals surface area (Å²) in [5.74, 6) is -0.244. The van der Waals surface area contributed by atoms with Crippen molar-refractivity contribution in [2.24, 2.45) is 5.10 Å². The normalized spacial score (nSPS) is 12.7. The number of nitrogens with zero attached hydrogens (tertiary/aromatic N) is 2. The minimum Gasteiger partial charge on any atom is -0.507 e. The van der Waals surface area contributed by atoms with Crippen molar-refractivity contribution in [1.82, 2.24) is 15.6 Å². The lowest BCUT2D eigenvalue weighted by atomic mass is 9.89. The number of aromatic amines is 1. The molecule has 5 rings (SSSR count). The fourth-order valence-corrected chi connectivity index (χ4v) is 3.88. The fourth-order valence-electron chi connectivity index (χ4n) is 3.88. The molecule has 3 N–H and O–H groups in total. The van der Waals surface area contributed by atoms with Crippen LogP contribution in [0.3, 0.4) is 0 Å². The first-order valence-electron chi connectivity index (χ1n) is 9.42. The molecule has 0 aliphatic heterocycles. The number of benzene rings is 3. The number of phenols is 1. The van der Waals surface area contributed by atoms with Crippen molar-refractivity contribution in [3.8, 4) is 17.0 Å². The van der Waals surface area contributed by atoms with E-state index in [2.05, 4.69) is 26.8 Å². The summed E-state index contributed by atoms with van der Waals surface area (Å²) in [6.07, 6.45) is 3.09. The highest BCUT2D eigenvalue weighted by Crippen LogP contribution is 2.33. The van der Waals surface area contributed by atoms with Gasteiger partial charge in [0, 0.05) is 16.7 Å². The van der Waals surface area contributed by atoms with Gasteiger partial charge in [-0.15, -0.1) is 0 Å². The third-order valence-electron chi connectivity index (χ3n) is 5.32. The number of aryl methyl sites for hydroxylation is 1. The number of fused-ring (bicyclic) bond motifs is 4. The summed E-state index contributed by atoms with van der Waals surface area (Å²) in [6, 6.07) is 19.3. The van der Waals surface area contributed by atoms with Gasteiger partial charge in [-0.3, -0.25) is 9.89 Å². The molecule has 29 heavy (non-hydrogen) atoms. The lowest BCUT2D eigenvalue weighted by Crippen LogP contribution is -2.20.